The highest BCUT2D eigenvalue weighted by Crippen LogP contribution is 2.51. The molecule has 0 bridgehead atoms. The summed E-state index contributed by atoms with van der Waals surface area (Å²) in [6, 6.07) is 76.2. The first-order valence-electron chi connectivity index (χ1n) is 21.9. The number of hydrogen-bond acceptors (Lipinski definition) is 4. The summed E-state index contributed by atoms with van der Waals surface area (Å²) in [5, 5.41) is 9.77. The minimum absolute atomic E-state index is 0.575. The van der Waals surface area contributed by atoms with Gasteiger partial charge in [0.25, 0.3) is 0 Å². The van der Waals surface area contributed by atoms with E-state index in [0.717, 1.165) is 44.4 Å². The average Bonchev–Trinajstić information content (AvgIpc) is 3.89. The monoisotopic (exact) mass is 845 g/mol. The molecule has 4 heterocycles. The van der Waals surface area contributed by atoms with Crippen molar-refractivity contribution in [3.63, 3.8) is 0 Å². The molecule has 6 heteroatoms. The summed E-state index contributed by atoms with van der Waals surface area (Å²) in [4.78, 5) is 18.2. The Morgan fingerprint density at radius 3 is 1.75 bits per heavy atom. The highest BCUT2D eigenvalue weighted by Gasteiger charge is 2.25. The van der Waals surface area contributed by atoms with Gasteiger partial charge in [-0.3, -0.25) is 4.57 Å². The van der Waals surface area contributed by atoms with Gasteiger partial charge in [-0.2, -0.15) is 9.97 Å². The fourth-order valence-electron chi connectivity index (χ4n) is 10.3. The van der Waals surface area contributed by atoms with Crippen LogP contribution in [0.3, 0.4) is 0 Å². The third-order valence-corrected chi connectivity index (χ3v) is 14.3. The Kier molecular flexibility index (Phi) is 7.85. The van der Waals surface area contributed by atoms with Crippen LogP contribution in [0.4, 0.5) is 0 Å². The molecule has 3 aromatic heterocycles. The van der Waals surface area contributed by atoms with Crippen LogP contribution in [-0.2, 0) is 0 Å². The largest absolute Gasteiger partial charge is 0.309 e. The lowest BCUT2D eigenvalue weighted by Gasteiger charge is -2.21. The highest BCUT2D eigenvalue weighted by atomic mass is 32.2. The molecular weight excluding hydrogens is 811 g/mol. The number of rotatable bonds is 5. The zero-order valence-corrected chi connectivity index (χ0v) is 35.7. The SMILES string of the molecule is c1ccc(-c2nc(-c3ccccc3)nc(-n3c4cc(-c5ccc6c(c5)c5c7cccc8c7c(cc5n6-c5ccccc5)-c5ccccc5S8)ccc4c4c5ccccc5ccc43)n2)cc1. The van der Waals surface area contributed by atoms with E-state index in [1.807, 2.05) is 48.2 Å². The molecule has 0 unspecified atom stereocenters. The summed E-state index contributed by atoms with van der Waals surface area (Å²) in [5.74, 6) is 1.83. The van der Waals surface area contributed by atoms with E-state index in [0.29, 0.717) is 17.6 Å². The molecule has 0 fully saturated rings. The molecule has 13 aromatic rings. The Morgan fingerprint density at radius 2 is 0.954 bits per heavy atom. The lowest BCUT2D eigenvalue weighted by Crippen LogP contribution is -2.06. The highest BCUT2D eigenvalue weighted by molar-refractivity contribution is 7.99. The molecule has 0 saturated carbocycles. The van der Waals surface area contributed by atoms with Gasteiger partial charge in [-0.25, -0.2) is 4.98 Å². The van der Waals surface area contributed by atoms with Crippen LogP contribution in [0.15, 0.2) is 222 Å². The van der Waals surface area contributed by atoms with Crippen molar-refractivity contribution in [1.82, 2.24) is 24.1 Å². The molecule has 0 N–H and O–H groups in total. The maximum absolute atomic E-state index is 5.27. The van der Waals surface area contributed by atoms with Gasteiger partial charge in [0.05, 0.1) is 22.1 Å². The predicted molar refractivity (Wildman–Crippen MR) is 269 cm³/mol. The number of para-hydroxylation sites is 1. The molecule has 0 atom stereocenters. The van der Waals surface area contributed by atoms with Crippen molar-refractivity contribution < 1.29 is 0 Å². The normalized spacial score (nSPS) is 12.2. The smallest absolute Gasteiger partial charge is 0.238 e. The van der Waals surface area contributed by atoms with E-state index in [1.165, 1.54) is 69.7 Å². The maximum Gasteiger partial charge on any atom is 0.238 e. The van der Waals surface area contributed by atoms with Gasteiger partial charge >= 0.3 is 0 Å². The third-order valence-electron chi connectivity index (χ3n) is 13.1. The van der Waals surface area contributed by atoms with Gasteiger partial charge in [-0.05, 0) is 93.0 Å². The van der Waals surface area contributed by atoms with Crippen molar-refractivity contribution in [2.24, 2.45) is 0 Å². The molecule has 5 nitrogen and oxygen atoms in total. The molecule has 0 aliphatic carbocycles. The first-order valence-corrected chi connectivity index (χ1v) is 22.8. The van der Waals surface area contributed by atoms with E-state index in [-0.39, 0.29) is 0 Å². The van der Waals surface area contributed by atoms with Gasteiger partial charge in [0, 0.05) is 53.5 Å². The summed E-state index contributed by atoms with van der Waals surface area (Å²) in [7, 11) is 0. The number of nitrogens with zero attached hydrogens (tertiary/aromatic N) is 5. The topological polar surface area (TPSA) is 48.5 Å². The van der Waals surface area contributed by atoms with Crippen LogP contribution in [0, 0.1) is 0 Å². The molecule has 0 radical (unpaired) electrons. The first-order chi connectivity index (χ1) is 32.2. The maximum atomic E-state index is 5.27. The van der Waals surface area contributed by atoms with E-state index < -0.39 is 0 Å². The molecule has 1 aliphatic heterocycles. The number of benzene rings is 10. The van der Waals surface area contributed by atoms with Gasteiger partial charge in [0.2, 0.25) is 5.95 Å². The van der Waals surface area contributed by atoms with E-state index in [2.05, 4.69) is 185 Å². The zero-order chi connectivity index (χ0) is 42.6. The Morgan fingerprint density at radius 1 is 0.323 bits per heavy atom. The lowest BCUT2D eigenvalue weighted by molar-refractivity contribution is 0.954. The number of fused-ring (bicyclic) bond motifs is 11. The predicted octanol–water partition coefficient (Wildman–Crippen LogP) is 15.5. The van der Waals surface area contributed by atoms with Crippen molar-refractivity contribution in [1.29, 1.82) is 0 Å². The van der Waals surface area contributed by atoms with Crippen LogP contribution in [0.25, 0.3) is 122 Å². The molecule has 14 rings (SSSR count). The van der Waals surface area contributed by atoms with Crippen LogP contribution >= 0.6 is 11.8 Å². The van der Waals surface area contributed by atoms with Gasteiger partial charge in [-0.1, -0.05) is 169 Å². The number of hydrogen-bond donors (Lipinski definition) is 0. The molecule has 302 valence electrons. The van der Waals surface area contributed by atoms with Crippen LogP contribution < -0.4 is 0 Å². The molecule has 0 saturated heterocycles. The second-order valence-electron chi connectivity index (χ2n) is 16.8. The third kappa shape index (κ3) is 5.51. The van der Waals surface area contributed by atoms with Crippen molar-refractivity contribution >= 4 is 76.9 Å². The Hall–Kier alpha value is -8.32. The van der Waals surface area contributed by atoms with Crippen molar-refractivity contribution in [2.75, 3.05) is 0 Å². The molecule has 0 amide bonds. The van der Waals surface area contributed by atoms with Crippen molar-refractivity contribution in [3.05, 3.63) is 212 Å². The van der Waals surface area contributed by atoms with Crippen LogP contribution in [0.2, 0.25) is 0 Å². The lowest BCUT2D eigenvalue weighted by atomic mass is 9.93. The number of aromatic nitrogens is 5. The molecule has 1 aliphatic rings. The minimum atomic E-state index is 0.575. The fourth-order valence-corrected chi connectivity index (χ4v) is 11.4. The zero-order valence-electron chi connectivity index (χ0n) is 34.9. The molecular formula is C59H35N5S. The Bertz CT molecular complexity index is 4020. The average molecular weight is 846 g/mol. The van der Waals surface area contributed by atoms with Gasteiger partial charge in [-0.15, -0.1) is 0 Å². The van der Waals surface area contributed by atoms with Gasteiger partial charge in [0.15, 0.2) is 11.6 Å². The van der Waals surface area contributed by atoms with Gasteiger partial charge in [0.1, 0.15) is 0 Å². The fraction of sp³-hybridized carbons (Fsp3) is 0. The second-order valence-corrected chi connectivity index (χ2v) is 17.8. The first kappa shape index (κ1) is 36.2. The van der Waals surface area contributed by atoms with Crippen molar-refractivity contribution in [3.8, 4) is 56.7 Å². The Labute approximate surface area is 377 Å². The second kappa shape index (κ2) is 14.1. The van der Waals surface area contributed by atoms with E-state index in [1.54, 1.807) is 0 Å². The summed E-state index contributed by atoms with van der Waals surface area (Å²) in [5.41, 5.74) is 12.3. The standard InChI is InChI=1S/C59H35N5S/c1-4-16-37(17-5-1)57-60-58(38-18-6-2-7-19-38)62-59(61-57)64-49-32-28-36-15-10-11-22-42(36)54(49)44-30-27-40(34-50(44)64)39-29-31-48-47(33-39)55-45-24-14-26-53-56(45)46(43-23-12-13-25-52(43)65-53)35-51(55)63(48)41-20-8-3-9-21-41/h1-35H. The summed E-state index contributed by atoms with van der Waals surface area (Å²) >= 11 is 1.87. The molecule has 10 aromatic carbocycles. The van der Waals surface area contributed by atoms with Crippen LogP contribution in [-0.4, -0.2) is 24.1 Å². The van der Waals surface area contributed by atoms with Crippen molar-refractivity contribution in [2.45, 2.75) is 9.79 Å². The van der Waals surface area contributed by atoms with Crippen LogP contribution in [0.5, 0.6) is 0 Å². The van der Waals surface area contributed by atoms with E-state index in [9.17, 15) is 0 Å². The Balaban J connectivity index is 1.05. The molecule has 65 heavy (non-hydrogen) atoms. The van der Waals surface area contributed by atoms with Gasteiger partial charge < -0.3 is 4.57 Å². The summed E-state index contributed by atoms with van der Waals surface area (Å²) in [6.45, 7) is 0. The van der Waals surface area contributed by atoms with E-state index in [4.69, 9.17) is 15.0 Å². The minimum Gasteiger partial charge on any atom is -0.309 e. The molecule has 0 spiro atoms. The summed E-state index contributed by atoms with van der Waals surface area (Å²) < 4.78 is 4.69. The van der Waals surface area contributed by atoms with E-state index >= 15 is 0 Å². The van der Waals surface area contributed by atoms with Crippen LogP contribution in [0.1, 0.15) is 0 Å². The quantitative estimate of drug-likeness (QED) is 0.173. The summed E-state index contributed by atoms with van der Waals surface area (Å²) in [6.07, 6.45) is 0.